The molecule has 0 radical (unpaired) electrons. The van der Waals surface area contributed by atoms with Crippen molar-refractivity contribution < 1.29 is 28.5 Å². The Morgan fingerprint density at radius 2 is 1.74 bits per heavy atom. The van der Waals surface area contributed by atoms with Gasteiger partial charge < -0.3 is 29.2 Å². The third kappa shape index (κ3) is 6.16. The molecule has 4 rings (SSSR count). The van der Waals surface area contributed by atoms with E-state index in [1.807, 2.05) is 41.3 Å². The van der Waals surface area contributed by atoms with Crippen molar-refractivity contribution in [3.63, 3.8) is 0 Å². The SMILES string of the molecule is COc1ccc(CC(NC(C)=O)C(=O)N2CCN(CC3COc4ccccc4O3)CC2)cc1OC. The molecule has 1 fully saturated rings. The van der Waals surface area contributed by atoms with Gasteiger partial charge in [-0.05, 0) is 29.8 Å². The van der Waals surface area contributed by atoms with Gasteiger partial charge in [-0.15, -0.1) is 0 Å². The summed E-state index contributed by atoms with van der Waals surface area (Å²) in [6.45, 7) is 5.31. The van der Waals surface area contributed by atoms with E-state index in [0.717, 1.165) is 36.7 Å². The van der Waals surface area contributed by atoms with Gasteiger partial charge in [-0.25, -0.2) is 0 Å². The Morgan fingerprint density at radius 1 is 1.03 bits per heavy atom. The average molecular weight is 484 g/mol. The van der Waals surface area contributed by atoms with Crippen LogP contribution in [0, 0.1) is 0 Å². The lowest BCUT2D eigenvalue weighted by molar-refractivity contribution is -0.137. The van der Waals surface area contributed by atoms with Crippen LogP contribution >= 0.6 is 0 Å². The lowest BCUT2D eigenvalue weighted by Crippen LogP contribution is -2.56. The number of hydrogen-bond acceptors (Lipinski definition) is 7. The predicted octanol–water partition coefficient (Wildman–Crippen LogP) is 1.74. The number of nitrogens with one attached hydrogen (secondary N) is 1. The summed E-state index contributed by atoms with van der Waals surface area (Å²) < 4.78 is 22.6. The van der Waals surface area contributed by atoms with E-state index in [4.69, 9.17) is 18.9 Å². The molecule has 1 N–H and O–H groups in total. The minimum atomic E-state index is -0.649. The van der Waals surface area contributed by atoms with Crippen molar-refractivity contribution in [2.75, 3.05) is 53.6 Å². The molecular formula is C26H33N3O6. The number of benzene rings is 2. The third-order valence-electron chi connectivity index (χ3n) is 6.28. The van der Waals surface area contributed by atoms with Crippen LogP contribution in [-0.2, 0) is 16.0 Å². The molecular weight excluding hydrogens is 450 g/mol. The Labute approximate surface area is 205 Å². The van der Waals surface area contributed by atoms with Crippen molar-refractivity contribution in [3.05, 3.63) is 48.0 Å². The van der Waals surface area contributed by atoms with Crippen molar-refractivity contribution in [1.29, 1.82) is 0 Å². The van der Waals surface area contributed by atoms with E-state index in [1.54, 1.807) is 20.3 Å². The highest BCUT2D eigenvalue weighted by atomic mass is 16.6. The second kappa shape index (κ2) is 11.3. The van der Waals surface area contributed by atoms with Gasteiger partial charge >= 0.3 is 0 Å². The Kier molecular flexibility index (Phi) is 7.97. The summed E-state index contributed by atoms with van der Waals surface area (Å²) in [5, 5.41) is 2.83. The molecule has 9 nitrogen and oxygen atoms in total. The van der Waals surface area contributed by atoms with Crippen LogP contribution in [-0.4, -0.2) is 87.3 Å². The number of rotatable bonds is 8. The second-order valence-corrected chi connectivity index (χ2v) is 8.77. The minimum Gasteiger partial charge on any atom is -0.493 e. The number of piperazine rings is 1. The largest absolute Gasteiger partial charge is 0.493 e. The smallest absolute Gasteiger partial charge is 0.245 e. The summed E-state index contributed by atoms with van der Waals surface area (Å²) in [5.41, 5.74) is 0.878. The number of methoxy groups -OCH3 is 2. The zero-order chi connectivity index (χ0) is 24.8. The van der Waals surface area contributed by atoms with Gasteiger partial charge in [0.05, 0.1) is 14.2 Å². The van der Waals surface area contributed by atoms with Gasteiger partial charge in [0.25, 0.3) is 0 Å². The van der Waals surface area contributed by atoms with Crippen molar-refractivity contribution in [2.24, 2.45) is 0 Å². The molecule has 0 bridgehead atoms. The van der Waals surface area contributed by atoms with Gasteiger partial charge in [0.1, 0.15) is 18.8 Å². The van der Waals surface area contributed by atoms with Crippen LogP contribution in [0.2, 0.25) is 0 Å². The predicted molar refractivity (Wildman–Crippen MR) is 130 cm³/mol. The summed E-state index contributed by atoms with van der Waals surface area (Å²) in [6.07, 6.45) is 0.315. The van der Waals surface area contributed by atoms with E-state index in [-0.39, 0.29) is 17.9 Å². The molecule has 2 aliphatic rings. The first-order chi connectivity index (χ1) is 17.0. The van der Waals surface area contributed by atoms with Gasteiger partial charge in [-0.1, -0.05) is 18.2 Å². The molecule has 2 heterocycles. The zero-order valence-electron chi connectivity index (χ0n) is 20.5. The molecule has 0 aromatic heterocycles. The molecule has 2 atom stereocenters. The Hall–Kier alpha value is -3.46. The van der Waals surface area contributed by atoms with Crippen molar-refractivity contribution in [2.45, 2.75) is 25.5 Å². The Morgan fingerprint density at radius 3 is 2.43 bits per heavy atom. The first-order valence-corrected chi connectivity index (χ1v) is 11.8. The topological polar surface area (TPSA) is 89.6 Å². The number of carbonyl (C=O) groups is 2. The lowest BCUT2D eigenvalue weighted by Gasteiger charge is -2.38. The summed E-state index contributed by atoms with van der Waals surface area (Å²) >= 11 is 0. The molecule has 2 aliphatic heterocycles. The molecule has 2 aromatic rings. The number of amides is 2. The highest BCUT2D eigenvalue weighted by Crippen LogP contribution is 2.31. The summed E-state index contributed by atoms with van der Waals surface area (Å²) in [5.74, 6) is 2.43. The fourth-order valence-corrected chi connectivity index (χ4v) is 4.50. The molecule has 2 aromatic carbocycles. The van der Waals surface area contributed by atoms with E-state index in [1.165, 1.54) is 6.92 Å². The van der Waals surface area contributed by atoms with Crippen LogP contribution in [0.5, 0.6) is 23.0 Å². The van der Waals surface area contributed by atoms with Crippen molar-refractivity contribution >= 4 is 11.8 Å². The Balaban J connectivity index is 1.33. The Bertz CT molecular complexity index is 1040. The summed E-state index contributed by atoms with van der Waals surface area (Å²) in [4.78, 5) is 29.3. The van der Waals surface area contributed by atoms with E-state index in [0.29, 0.717) is 37.6 Å². The highest BCUT2D eigenvalue weighted by Gasteiger charge is 2.30. The first-order valence-electron chi connectivity index (χ1n) is 11.8. The molecule has 1 saturated heterocycles. The van der Waals surface area contributed by atoms with Gasteiger partial charge in [-0.3, -0.25) is 14.5 Å². The number of nitrogens with zero attached hydrogens (tertiary/aromatic N) is 2. The van der Waals surface area contributed by atoms with Gasteiger partial charge in [0.2, 0.25) is 11.8 Å². The van der Waals surface area contributed by atoms with Gasteiger partial charge in [0.15, 0.2) is 23.0 Å². The average Bonchev–Trinajstić information content (AvgIpc) is 2.88. The number of fused-ring (bicyclic) bond motifs is 1. The molecule has 188 valence electrons. The number of ether oxygens (including phenoxy) is 4. The van der Waals surface area contributed by atoms with Gasteiger partial charge in [-0.2, -0.15) is 0 Å². The molecule has 0 spiro atoms. The van der Waals surface area contributed by atoms with Crippen LogP contribution < -0.4 is 24.3 Å². The maximum atomic E-state index is 13.3. The monoisotopic (exact) mass is 483 g/mol. The van der Waals surface area contributed by atoms with E-state index >= 15 is 0 Å². The van der Waals surface area contributed by atoms with E-state index < -0.39 is 6.04 Å². The van der Waals surface area contributed by atoms with Crippen LogP contribution in [0.3, 0.4) is 0 Å². The van der Waals surface area contributed by atoms with Crippen molar-refractivity contribution in [3.8, 4) is 23.0 Å². The van der Waals surface area contributed by atoms with Crippen molar-refractivity contribution in [1.82, 2.24) is 15.1 Å². The zero-order valence-corrected chi connectivity index (χ0v) is 20.5. The van der Waals surface area contributed by atoms with E-state index in [9.17, 15) is 9.59 Å². The van der Waals surface area contributed by atoms with Crippen LogP contribution in [0.1, 0.15) is 12.5 Å². The van der Waals surface area contributed by atoms with Crippen LogP contribution in [0.25, 0.3) is 0 Å². The summed E-state index contributed by atoms with van der Waals surface area (Å²) in [7, 11) is 3.15. The maximum absolute atomic E-state index is 13.3. The van der Waals surface area contributed by atoms with E-state index in [2.05, 4.69) is 10.2 Å². The number of hydrogen-bond donors (Lipinski definition) is 1. The van der Waals surface area contributed by atoms with Gasteiger partial charge in [0, 0.05) is 46.1 Å². The molecule has 35 heavy (non-hydrogen) atoms. The van der Waals surface area contributed by atoms with Crippen LogP contribution in [0.15, 0.2) is 42.5 Å². The number of para-hydroxylation sites is 2. The maximum Gasteiger partial charge on any atom is 0.245 e. The molecule has 2 unspecified atom stereocenters. The lowest BCUT2D eigenvalue weighted by atomic mass is 10.0. The van der Waals surface area contributed by atoms with Crippen LogP contribution in [0.4, 0.5) is 0 Å². The molecule has 0 aliphatic carbocycles. The normalized spacial score (nSPS) is 18.5. The minimum absolute atomic E-state index is 0.0515. The fraction of sp³-hybridized carbons (Fsp3) is 0.462. The fourth-order valence-electron chi connectivity index (χ4n) is 4.50. The molecule has 0 saturated carbocycles. The second-order valence-electron chi connectivity index (χ2n) is 8.77. The molecule has 9 heteroatoms. The molecule has 2 amide bonds. The summed E-state index contributed by atoms with van der Waals surface area (Å²) in [6, 6.07) is 12.6. The first kappa shape index (κ1) is 24.7. The quantitative estimate of drug-likeness (QED) is 0.612. The standard InChI is InChI=1S/C26H33N3O6/c1-18(30)27-21(14-19-8-9-22(32-2)25(15-19)33-3)26(31)29-12-10-28(11-13-29)16-20-17-34-23-6-4-5-7-24(23)35-20/h4-9,15,20-21H,10-14,16-17H2,1-3H3,(H,27,30). The third-order valence-corrected chi connectivity index (χ3v) is 6.28. The number of carbonyl (C=O) groups excluding carboxylic acids is 2. The highest BCUT2D eigenvalue weighted by molar-refractivity contribution is 5.87.